The number of oxazole rings is 1. The van der Waals surface area contributed by atoms with E-state index in [-0.39, 0.29) is 31.7 Å². The van der Waals surface area contributed by atoms with Gasteiger partial charge in [-0.3, -0.25) is 4.55 Å². The van der Waals surface area contributed by atoms with Gasteiger partial charge in [-0.1, -0.05) is 61.5 Å². The molecule has 234 valence electrons. The molecule has 0 amide bonds. The molecule has 0 saturated carbocycles. The first-order valence-corrected chi connectivity index (χ1v) is 17.8. The smallest absolute Gasteiger partial charge is 0.374 e. The van der Waals surface area contributed by atoms with Crippen molar-refractivity contribution in [2.24, 2.45) is 0 Å². The van der Waals surface area contributed by atoms with Gasteiger partial charge < -0.3 is 18.6 Å². The Bertz CT molecular complexity index is 2200. The van der Waals surface area contributed by atoms with Crippen LogP contribution in [0.5, 0.6) is 5.75 Å². The highest BCUT2D eigenvalue weighted by molar-refractivity contribution is 7.85. The highest BCUT2D eigenvalue weighted by Gasteiger charge is 2.29. The number of aromatic nitrogens is 1. The second-order valence-corrected chi connectivity index (χ2v) is 14.0. The Labute approximate surface area is 261 Å². The van der Waals surface area contributed by atoms with Crippen LogP contribution in [0.2, 0.25) is 0 Å². The van der Waals surface area contributed by atoms with Crippen LogP contribution in [-0.4, -0.2) is 44.0 Å². The fourth-order valence-corrected chi connectivity index (χ4v) is 6.75. The van der Waals surface area contributed by atoms with Crippen LogP contribution in [-0.2, 0) is 26.8 Å². The average Bonchev–Trinajstić information content (AvgIpc) is 3.53. The first-order chi connectivity index (χ1) is 21.5. The van der Waals surface area contributed by atoms with Gasteiger partial charge in [0.2, 0.25) is 11.5 Å². The minimum atomic E-state index is -4.39. The first kappa shape index (κ1) is 30.8. The summed E-state index contributed by atoms with van der Waals surface area (Å²) in [6.07, 6.45) is 4.61. The fraction of sp³-hybridized carbons (Fsp3) is 0.242. The Morgan fingerprint density at radius 2 is 1.60 bits per heavy atom. The van der Waals surface area contributed by atoms with E-state index < -0.39 is 26.0 Å². The zero-order valence-electron chi connectivity index (χ0n) is 24.5. The van der Waals surface area contributed by atoms with Gasteiger partial charge in [-0.15, -0.1) is 0 Å². The van der Waals surface area contributed by atoms with Crippen LogP contribution in [0.4, 0.5) is 5.69 Å². The van der Waals surface area contributed by atoms with Crippen molar-refractivity contribution in [3.8, 4) is 5.75 Å². The number of allylic oxidation sites excluding steroid dienone is 2. The molecule has 0 unspecified atom stereocenters. The van der Waals surface area contributed by atoms with Crippen molar-refractivity contribution in [3.05, 3.63) is 96.2 Å². The van der Waals surface area contributed by atoms with Gasteiger partial charge in [-0.25, -0.2) is 8.42 Å². The molecule has 12 heteroatoms. The number of benzene rings is 4. The van der Waals surface area contributed by atoms with Crippen molar-refractivity contribution >= 4 is 64.6 Å². The van der Waals surface area contributed by atoms with Gasteiger partial charge in [0.1, 0.15) is 0 Å². The molecule has 0 atom stereocenters. The summed E-state index contributed by atoms with van der Waals surface area (Å²) in [6.45, 7) is 2.51. The molecule has 0 saturated heterocycles. The zero-order chi connectivity index (χ0) is 31.8. The van der Waals surface area contributed by atoms with Gasteiger partial charge >= 0.3 is 5.89 Å². The standard InChI is InChI=1S/C33H32N2O8S2/c1-2-23(21-30-34(17-7-19-44(36,37)38)32-26-11-5-3-9-24(26)13-15-28(32)42-30)22-31-35(18-8-20-45(39,40)41)33-27-12-6-4-10-25(27)14-16-29(33)43-31/h3-6,9-16,21-22H,2,7-8,17-20H2,1H3,(H-,36,37,38,39,40,41). The lowest BCUT2D eigenvalue weighted by Gasteiger charge is -2.19. The largest absolute Gasteiger partial charge is 0.748 e. The molecule has 1 aliphatic rings. The number of rotatable bonds is 11. The van der Waals surface area contributed by atoms with Gasteiger partial charge in [0, 0.05) is 30.2 Å². The Kier molecular flexibility index (Phi) is 8.40. The van der Waals surface area contributed by atoms with E-state index in [1.54, 1.807) is 0 Å². The zero-order valence-corrected chi connectivity index (χ0v) is 26.2. The summed E-state index contributed by atoms with van der Waals surface area (Å²) in [5.41, 5.74) is 3.06. The molecule has 0 aliphatic carbocycles. The lowest BCUT2D eigenvalue weighted by molar-refractivity contribution is -0.677. The fourth-order valence-electron chi connectivity index (χ4n) is 5.77. The summed E-state index contributed by atoms with van der Waals surface area (Å²) in [5, 5.41) is 3.88. The average molecular weight is 649 g/mol. The maximum atomic E-state index is 11.5. The van der Waals surface area contributed by atoms with E-state index in [0.29, 0.717) is 29.5 Å². The summed E-state index contributed by atoms with van der Waals surface area (Å²) in [5.74, 6) is 0.724. The predicted molar refractivity (Wildman–Crippen MR) is 172 cm³/mol. The quantitative estimate of drug-likeness (QED) is 0.140. The summed E-state index contributed by atoms with van der Waals surface area (Å²) in [4.78, 5) is 1.92. The number of nitrogens with zero attached hydrogens (tertiary/aromatic N) is 2. The van der Waals surface area contributed by atoms with Crippen LogP contribution in [0.25, 0.3) is 38.7 Å². The molecule has 1 aliphatic heterocycles. The summed E-state index contributed by atoms with van der Waals surface area (Å²) in [7, 11) is -8.53. The van der Waals surface area contributed by atoms with Crippen LogP contribution in [0, 0.1) is 0 Å². The molecule has 0 bridgehead atoms. The number of hydrogen-bond donors (Lipinski definition) is 1. The van der Waals surface area contributed by atoms with Crippen molar-refractivity contribution in [2.45, 2.75) is 32.7 Å². The Balaban J connectivity index is 1.44. The Morgan fingerprint density at radius 1 is 0.911 bits per heavy atom. The van der Waals surface area contributed by atoms with Crippen LogP contribution in [0.3, 0.4) is 0 Å². The molecular formula is C33H32N2O8S2. The van der Waals surface area contributed by atoms with E-state index in [2.05, 4.69) is 0 Å². The third kappa shape index (κ3) is 6.74. The van der Waals surface area contributed by atoms with Gasteiger partial charge in [-0.05, 0) is 47.4 Å². The topological polar surface area (TPSA) is 141 Å². The monoisotopic (exact) mass is 648 g/mol. The summed E-state index contributed by atoms with van der Waals surface area (Å²) < 4.78 is 81.1. The van der Waals surface area contributed by atoms with E-state index in [4.69, 9.17) is 9.15 Å². The minimum absolute atomic E-state index is 0.116. The predicted octanol–water partition coefficient (Wildman–Crippen LogP) is 5.77. The Morgan fingerprint density at radius 3 is 2.31 bits per heavy atom. The third-order valence-corrected chi connectivity index (χ3v) is 9.41. The molecule has 2 heterocycles. The van der Waals surface area contributed by atoms with E-state index in [1.165, 1.54) is 0 Å². The lowest BCUT2D eigenvalue weighted by Crippen LogP contribution is -2.36. The number of aryl methyl sites for hydroxylation is 1. The molecule has 10 nitrogen and oxygen atoms in total. The summed E-state index contributed by atoms with van der Waals surface area (Å²) in [6, 6.07) is 23.4. The van der Waals surface area contributed by atoms with Crippen LogP contribution >= 0.6 is 0 Å². The number of hydrogen-bond acceptors (Lipinski definition) is 8. The van der Waals surface area contributed by atoms with Crippen molar-refractivity contribution < 1.29 is 39.7 Å². The molecule has 6 rings (SSSR count). The van der Waals surface area contributed by atoms with Crippen molar-refractivity contribution in [3.63, 3.8) is 0 Å². The number of fused-ring (bicyclic) bond motifs is 6. The van der Waals surface area contributed by atoms with Gasteiger partial charge in [0.05, 0.1) is 33.0 Å². The van der Waals surface area contributed by atoms with Crippen LogP contribution < -0.4 is 14.2 Å². The maximum Gasteiger partial charge on any atom is 0.374 e. The van der Waals surface area contributed by atoms with E-state index in [9.17, 15) is 25.9 Å². The molecule has 0 radical (unpaired) electrons. The molecule has 4 aromatic carbocycles. The van der Waals surface area contributed by atoms with Gasteiger partial charge in [0.25, 0.3) is 15.6 Å². The lowest BCUT2D eigenvalue weighted by atomic mass is 10.1. The first-order valence-electron chi connectivity index (χ1n) is 14.6. The normalized spacial score (nSPS) is 15.0. The molecular weight excluding hydrogens is 617 g/mol. The highest BCUT2D eigenvalue weighted by atomic mass is 32.2. The van der Waals surface area contributed by atoms with Gasteiger partial charge in [0.15, 0.2) is 12.3 Å². The van der Waals surface area contributed by atoms with Crippen LogP contribution in [0.1, 0.15) is 32.1 Å². The molecule has 0 spiro atoms. The van der Waals surface area contributed by atoms with E-state index >= 15 is 0 Å². The van der Waals surface area contributed by atoms with Crippen molar-refractivity contribution in [1.82, 2.24) is 0 Å². The van der Waals surface area contributed by atoms with Crippen molar-refractivity contribution in [2.75, 3.05) is 23.0 Å². The molecule has 0 fully saturated rings. The number of anilines is 1. The second kappa shape index (κ2) is 12.3. The molecule has 1 aromatic heterocycles. The number of ether oxygens (including phenoxy) is 1. The van der Waals surface area contributed by atoms with Crippen LogP contribution in [0.15, 0.2) is 94.7 Å². The highest BCUT2D eigenvalue weighted by Crippen LogP contribution is 2.44. The van der Waals surface area contributed by atoms with E-state index in [0.717, 1.165) is 38.3 Å². The molecule has 45 heavy (non-hydrogen) atoms. The molecule has 5 aromatic rings. The third-order valence-electron chi connectivity index (χ3n) is 7.81. The van der Waals surface area contributed by atoms with Crippen molar-refractivity contribution in [1.29, 1.82) is 0 Å². The molecule has 1 N–H and O–H groups in total. The minimum Gasteiger partial charge on any atom is -0.748 e. The summed E-state index contributed by atoms with van der Waals surface area (Å²) >= 11 is 0. The van der Waals surface area contributed by atoms with Gasteiger partial charge in [-0.2, -0.15) is 13.0 Å². The Hall–Kier alpha value is -4.23. The van der Waals surface area contributed by atoms with E-state index in [1.807, 2.05) is 101 Å². The second-order valence-electron chi connectivity index (χ2n) is 10.9. The SMILES string of the molecule is CCC(/C=C1\Oc2ccc3ccccc3c2N1CCCS(=O)(=O)O)=C\c1oc2ccc3ccccc3c2[n+]1CCCS(=O)(=O)[O-]. The maximum absolute atomic E-state index is 11.5.